The molecule has 0 saturated carbocycles. The number of fused-ring (bicyclic) bond motifs is 1. The van der Waals surface area contributed by atoms with Crippen LogP contribution in [0.15, 0.2) is 54.6 Å². The van der Waals surface area contributed by atoms with Crippen molar-refractivity contribution in [2.75, 3.05) is 32.8 Å². The van der Waals surface area contributed by atoms with E-state index in [-0.39, 0.29) is 18.4 Å². The molecule has 4 rings (SSSR count). The summed E-state index contributed by atoms with van der Waals surface area (Å²) in [6.45, 7) is 4.26. The van der Waals surface area contributed by atoms with E-state index >= 15 is 0 Å². The number of rotatable bonds is 5. The second-order valence-electron chi connectivity index (χ2n) is 8.06. The maximum atomic E-state index is 12.9. The van der Waals surface area contributed by atoms with E-state index in [1.807, 2.05) is 53.4 Å². The highest BCUT2D eigenvalue weighted by Crippen LogP contribution is 2.31. The van der Waals surface area contributed by atoms with Crippen molar-refractivity contribution in [3.05, 3.63) is 60.2 Å². The van der Waals surface area contributed by atoms with E-state index < -0.39 is 18.2 Å². The van der Waals surface area contributed by atoms with Gasteiger partial charge in [-0.2, -0.15) is 0 Å². The number of benzene rings is 2. The Morgan fingerprint density at radius 1 is 0.970 bits per heavy atom. The molecule has 2 atom stereocenters. The minimum absolute atomic E-state index is 0.124. The number of imide groups is 1. The number of nitrogens with one attached hydrogen (secondary N) is 2. The first-order valence-electron chi connectivity index (χ1n) is 11.0. The van der Waals surface area contributed by atoms with E-state index in [1.54, 1.807) is 17.9 Å². The van der Waals surface area contributed by atoms with Gasteiger partial charge in [-0.1, -0.05) is 42.5 Å². The van der Waals surface area contributed by atoms with Gasteiger partial charge in [0.05, 0.1) is 6.04 Å². The number of ether oxygens (including phenoxy) is 2. The van der Waals surface area contributed by atoms with Gasteiger partial charge in [0.1, 0.15) is 6.61 Å². The first-order chi connectivity index (χ1) is 16.0. The molecule has 0 unspecified atom stereocenters. The normalized spacial score (nSPS) is 18.8. The van der Waals surface area contributed by atoms with E-state index in [9.17, 15) is 14.4 Å². The summed E-state index contributed by atoms with van der Waals surface area (Å²) in [5.41, 5.74) is 0.949. The minimum atomic E-state index is -0.680. The van der Waals surface area contributed by atoms with Crippen molar-refractivity contribution in [1.29, 1.82) is 0 Å². The monoisotopic (exact) mass is 452 g/mol. The molecule has 0 bridgehead atoms. The molecule has 2 heterocycles. The fourth-order valence-corrected chi connectivity index (χ4v) is 3.88. The van der Waals surface area contributed by atoms with Crippen LogP contribution in [0.4, 0.5) is 4.79 Å². The fourth-order valence-electron chi connectivity index (χ4n) is 3.88. The molecule has 174 valence electrons. The maximum absolute atomic E-state index is 12.9. The standard InChI is InChI=1S/C24H28N4O5/c1-17(22(29)26-24(31)25-15-18-7-3-2-4-8-18)27-11-13-28(14-12-27)23(30)21-16-32-19-9-5-6-10-20(19)33-21/h2-10,17,21H,11-16H2,1H3,(H2,25,26,29,31)/t17-,21-/m1/s1. The lowest BCUT2D eigenvalue weighted by Crippen LogP contribution is -2.58. The van der Waals surface area contributed by atoms with Crippen LogP contribution in [0.5, 0.6) is 11.5 Å². The van der Waals surface area contributed by atoms with Crippen molar-refractivity contribution in [2.45, 2.75) is 25.6 Å². The van der Waals surface area contributed by atoms with Gasteiger partial charge in [-0.05, 0) is 24.6 Å². The Hall–Kier alpha value is -3.59. The van der Waals surface area contributed by atoms with Gasteiger partial charge in [0.15, 0.2) is 11.5 Å². The maximum Gasteiger partial charge on any atom is 0.321 e. The number of carbonyl (C=O) groups excluding carboxylic acids is 3. The van der Waals surface area contributed by atoms with Gasteiger partial charge in [-0.15, -0.1) is 0 Å². The molecular weight excluding hydrogens is 424 g/mol. The van der Waals surface area contributed by atoms with Crippen LogP contribution in [0.3, 0.4) is 0 Å². The Bertz CT molecular complexity index is 991. The van der Waals surface area contributed by atoms with Crippen LogP contribution in [0.1, 0.15) is 12.5 Å². The van der Waals surface area contributed by atoms with E-state index in [4.69, 9.17) is 9.47 Å². The van der Waals surface area contributed by atoms with Crippen molar-refractivity contribution in [1.82, 2.24) is 20.4 Å². The van der Waals surface area contributed by atoms with Gasteiger partial charge < -0.3 is 19.7 Å². The Labute approximate surface area is 192 Å². The van der Waals surface area contributed by atoms with Crippen LogP contribution in [0.2, 0.25) is 0 Å². The van der Waals surface area contributed by atoms with Gasteiger partial charge in [-0.3, -0.25) is 19.8 Å². The van der Waals surface area contributed by atoms with Crippen molar-refractivity contribution in [3.63, 3.8) is 0 Å². The van der Waals surface area contributed by atoms with Crippen molar-refractivity contribution in [3.8, 4) is 11.5 Å². The molecule has 2 aliphatic heterocycles. The first kappa shape index (κ1) is 22.6. The molecule has 33 heavy (non-hydrogen) atoms. The first-order valence-corrected chi connectivity index (χ1v) is 11.0. The summed E-state index contributed by atoms with van der Waals surface area (Å²) in [5, 5.41) is 5.08. The van der Waals surface area contributed by atoms with E-state index in [0.717, 1.165) is 5.56 Å². The lowest BCUT2D eigenvalue weighted by atomic mass is 10.2. The molecule has 2 aromatic carbocycles. The summed E-state index contributed by atoms with van der Waals surface area (Å²) < 4.78 is 11.5. The zero-order valence-electron chi connectivity index (χ0n) is 18.5. The number of para-hydroxylation sites is 2. The fraction of sp³-hybridized carbons (Fsp3) is 0.375. The Morgan fingerprint density at radius 3 is 2.36 bits per heavy atom. The summed E-state index contributed by atoms with van der Waals surface area (Å²) in [5.74, 6) is 0.707. The number of piperazine rings is 1. The van der Waals surface area contributed by atoms with Gasteiger partial charge >= 0.3 is 6.03 Å². The summed E-state index contributed by atoms with van der Waals surface area (Å²) in [7, 11) is 0. The molecule has 0 aromatic heterocycles. The van der Waals surface area contributed by atoms with Crippen LogP contribution < -0.4 is 20.1 Å². The molecular formula is C24H28N4O5. The molecule has 1 saturated heterocycles. The molecule has 4 amide bonds. The third-order valence-corrected chi connectivity index (χ3v) is 5.87. The highest BCUT2D eigenvalue weighted by molar-refractivity contribution is 5.96. The van der Waals surface area contributed by atoms with Crippen LogP contribution >= 0.6 is 0 Å². The highest BCUT2D eigenvalue weighted by Gasteiger charge is 2.34. The number of hydrogen-bond donors (Lipinski definition) is 2. The topological polar surface area (TPSA) is 100 Å². The number of urea groups is 1. The lowest BCUT2D eigenvalue weighted by Gasteiger charge is -2.39. The van der Waals surface area contributed by atoms with Crippen LogP contribution in [-0.4, -0.2) is 72.6 Å². The molecule has 0 radical (unpaired) electrons. The Kier molecular flexibility index (Phi) is 7.09. The van der Waals surface area contributed by atoms with Crippen LogP contribution in [0, 0.1) is 0 Å². The van der Waals surface area contributed by atoms with Crippen molar-refractivity contribution in [2.24, 2.45) is 0 Å². The summed E-state index contributed by atoms with van der Waals surface area (Å²) in [4.78, 5) is 41.2. The SMILES string of the molecule is C[C@H](C(=O)NC(=O)NCc1ccccc1)N1CCN(C(=O)[C@H]2COc3ccccc3O2)CC1. The molecule has 9 nitrogen and oxygen atoms in total. The third kappa shape index (κ3) is 5.61. The van der Waals surface area contributed by atoms with Gasteiger partial charge in [0, 0.05) is 32.7 Å². The number of amides is 4. The van der Waals surface area contributed by atoms with Crippen molar-refractivity contribution < 1.29 is 23.9 Å². The predicted octanol–water partition coefficient (Wildman–Crippen LogP) is 1.39. The van der Waals surface area contributed by atoms with E-state index in [0.29, 0.717) is 44.2 Å². The predicted molar refractivity (Wildman–Crippen MR) is 121 cm³/mol. The van der Waals surface area contributed by atoms with Gasteiger partial charge in [-0.25, -0.2) is 4.79 Å². The average molecular weight is 453 g/mol. The second-order valence-corrected chi connectivity index (χ2v) is 8.06. The summed E-state index contributed by atoms with van der Waals surface area (Å²) >= 11 is 0. The van der Waals surface area contributed by atoms with Gasteiger partial charge in [0.25, 0.3) is 5.91 Å². The smallest absolute Gasteiger partial charge is 0.321 e. The van der Waals surface area contributed by atoms with Gasteiger partial charge in [0.2, 0.25) is 12.0 Å². The number of carbonyl (C=O) groups is 3. The quantitative estimate of drug-likeness (QED) is 0.711. The Balaban J connectivity index is 1.21. The molecule has 9 heteroatoms. The average Bonchev–Trinajstić information content (AvgIpc) is 2.87. The molecule has 0 spiro atoms. The Morgan fingerprint density at radius 2 is 1.64 bits per heavy atom. The number of hydrogen-bond acceptors (Lipinski definition) is 6. The zero-order chi connectivity index (χ0) is 23.2. The van der Waals surface area contributed by atoms with Crippen LogP contribution in [-0.2, 0) is 16.1 Å². The van der Waals surface area contributed by atoms with E-state index in [2.05, 4.69) is 10.6 Å². The number of nitrogens with zero attached hydrogens (tertiary/aromatic N) is 2. The molecule has 2 aliphatic rings. The zero-order valence-corrected chi connectivity index (χ0v) is 18.5. The third-order valence-electron chi connectivity index (χ3n) is 5.87. The molecule has 1 fully saturated rings. The van der Waals surface area contributed by atoms with Crippen molar-refractivity contribution >= 4 is 17.8 Å². The summed E-state index contributed by atoms with van der Waals surface area (Å²) in [6.07, 6.45) is -0.680. The molecule has 2 aromatic rings. The molecule has 2 N–H and O–H groups in total. The highest BCUT2D eigenvalue weighted by atomic mass is 16.6. The second kappa shape index (κ2) is 10.4. The van der Waals surface area contributed by atoms with Crippen LogP contribution in [0.25, 0.3) is 0 Å². The molecule has 0 aliphatic carbocycles. The summed E-state index contributed by atoms with van der Waals surface area (Å²) in [6, 6.07) is 15.7. The lowest BCUT2D eigenvalue weighted by molar-refractivity contribution is -0.143. The minimum Gasteiger partial charge on any atom is -0.485 e. The largest absolute Gasteiger partial charge is 0.485 e. The van der Waals surface area contributed by atoms with E-state index in [1.165, 1.54) is 0 Å².